The van der Waals surface area contributed by atoms with Crippen LogP contribution < -0.4 is 0 Å². The lowest BCUT2D eigenvalue weighted by atomic mass is 9.58. The molecule has 6 nitrogen and oxygen atoms in total. The van der Waals surface area contributed by atoms with E-state index in [0.29, 0.717) is 24.0 Å². The summed E-state index contributed by atoms with van der Waals surface area (Å²) in [4.78, 5) is 26.8. The Hall–Kier alpha value is -1.76. The van der Waals surface area contributed by atoms with Crippen LogP contribution in [0, 0.1) is 29.1 Å². The van der Waals surface area contributed by atoms with Crippen molar-refractivity contribution in [3.63, 3.8) is 0 Å². The zero-order valence-electron chi connectivity index (χ0n) is 19.4. The maximum atomic E-state index is 14.2. The number of ketones is 1. The lowest BCUT2D eigenvalue weighted by Gasteiger charge is -2.49. The molecule has 3 aliphatic rings. The SMILES string of the molecule is C/C=C(/C)C(=O)O[C@H]1C(C)=C[C@]23C(=O)[C@@H](C=C(CO)[C@@H](O)[C@]12O)[C@H](C)[C@H](C)C[C@H]3CC. The summed E-state index contributed by atoms with van der Waals surface area (Å²) in [7, 11) is 0. The number of esters is 1. The molecule has 8 atom stereocenters. The number of fused-ring (bicyclic) bond motifs is 1. The standard InChI is InChI=1S/C25H36O6/c1-7-13(3)23(29)31-22-15(5)11-24-18(8-2)9-14(4)16(6)19(21(24)28)10-17(12-26)20(27)25(22,24)30/h7,10-11,14,16,18-20,22,26-27,30H,8-9,12H2,1-6H3/b13-7-/t14-,16-,18-,19+,20-,22+,24+,25+/m1/s1. The van der Waals surface area contributed by atoms with Gasteiger partial charge in [0, 0.05) is 11.5 Å². The minimum atomic E-state index is -2.09. The zero-order chi connectivity index (χ0) is 23.3. The van der Waals surface area contributed by atoms with Crippen LogP contribution in [0.5, 0.6) is 0 Å². The predicted molar refractivity (Wildman–Crippen MR) is 117 cm³/mol. The van der Waals surface area contributed by atoms with Gasteiger partial charge in [0.05, 0.1) is 12.0 Å². The molecule has 1 saturated carbocycles. The first-order chi connectivity index (χ1) is 14.5. The topological polar surface area (TPSA) is 104 Å². The van der Waals surface area contributed by atoms with Gasteiger partial charge in [-0.25, -0.2) is 4.79 Å². The molecule has 0 amide bonds. The van der Waals surface area contributed by atoms with Crippen LogP contribution in [-0.2, 0) is 14.3 Å². The first-order valence-electron chi connectivity index (χ1n) is 11.3. The molecular weight excluding hydrogens is 396 g/mol. The average Bonchev–Trinajstić information content (AvgIpc) is 2.90. The number of ether oxygens (including phenoxy) is 1. The largest absolute Gasteiger partial charge is 0.451 e. The highest BCUT2D eigenvalue weighted by Gasteiger charge is 2.72. The van der Waals surface area contributed by atoms with E-state index < -0.39 is 41.7 Å². The molecule has 3 rings (SSSR count). The first kappa shape index (κ1) is 23.9. The number of carbonyl (C=O) groups excluding carboxylic acids is 2. The highest BCUT2D eigenvalue weighted by atomic mass is 16.6. The molecule has 0 aromatic rings. The molecule has 31 heavy (non-hydrogen) atoms. The Balaban J connectivity index is 2.29. The van der Waals surface area contributed by atoms with E-state index in [2.05, 4.69) is 6.92 Å². The van der Waals surface area contributed by atoms with Crippen LogP contribution >= 0.6 is 0 Å². The van der Waals surface area contributed by atoms with Gasteiger partial charge in [-0.1, -0.05) is 45.4 Å². The van der Waals surface area contributed by atoms with E-state index in [1.807, 2.05) is 13.8 Å². The summed E-state index contributed by atoms with van der Waals surface area (Å²) in [5.74, 6) is -1.37. The van der Waals surface area contributed by atoms with Gasteiger partial charge in [0.25, 0.3) is 0 Å². The summed E-state index contributed by atoms with van der Waals surface area (Å²) >= 11 is 0. The third kappa shape index (κ3) is 3.18. The third-order valence-corrected chi connectivity index (χ3v) is 8.22. The molecule has 1 fully saturated rings. The first-order valence-corrected chi connectivity index (χ1v) is 11.3. The van der Waals surface area contributed by atoms with E-state index in [0.717, 1.165) is 0 Å². The Morgan fingerprint density at radius 3 is 2.55 bits per heavy atom. The molecule has 0 saturated heterocycles. The van der Waals surface area contributed by atoms with Crippen molar-refractivity contribution in [3.05, 3.63) is 34.9 Å². The normalized spacial score (nSPS) is 42.9. The van der Waals surface area contributed by atoms with Crippen molar-refractivity contribution in [2.24, 2.45) is 29.1 Å². The Bertz CT molecular complexity index is 854. The zero-order valence-corrected chi connectivity index (χ0v) is 19.4. The number of aliphatic hydroxyl groups excluding tert-OH is 2. The fourth-order valence-corrected chi connectivity index (χ4v) is 6.08. The lowest BCUT2D eigenvalue weighted by molar-refractivity contribution is -0.202. The minimum absolute atomic E-state index is 0.0161. The fourth-order valence-electron chi connectivity index (χ4n) is 6.08. The minimum Gasteiger partial charge on any atom is -0.451 e. The van der Waals surface area contributed by atoms with Crippen LogP contribution in [0.25, 0.3) is 0 Å². The molecule has 0 aromatic heterocycles. The van der Waals surface area contributed by atoms with E-state index in [4.69, 9.17) is 4.74 Å². The number of carbonyl (C=O) groups is 2. The maximum absolute atomic E-state index is 14.2. The van der Waals surface area contributed by atoms with Crippen LogP contribution in [0.4, 0.5) is 0 Å². The van der Waals surface area contributed by atoms with Crippen molar-refractivity contribution in [1.82, 2.24) is 0 Å². The molecule has 2 bridgehead atoms. The van der Waals surface area contributed by atoms with Crippen LogP contribution in [0.3, 0.4) is 0 Å². The third-order valence-electron chi connectivity index (χ3n) is 8.22. The number of hydrogen-bond acceptors (Lipinski definition) is 6. The summed E-state index contributed by atoms with van der Waals surface area (Å²) in [6.07, 6.45) is 3.60. The molecule has 3 aliphatic carbocycles. The Labute approximate surface area is 184 Å². The lowest BCUT2D eigenvalue weighted by Crippen LogP contribution is -2.66. The highest BCUT2D eigenvalue weighted by molar-refractivity contribution is 5.95. The van der Waals surface area contributed by atoms with Crippen LogP contribution in [0.2, 0.25) is 0 Å². The molecule has 3 N–H and O–H groups in total. The molecule has 0 aromatic carbocycles. The Morgan fingerprint density at radius 2 is 2.00 bits per heavy atom. The molecule has 6 heteroatoms. The van der Waals surface area contributed by atoms with Crippen molar-refractivity contribution in [2.75, 3.05) is 6.61 Å². The van der Waals surface area contributed by atoms with Gasteiger partial charge < -0.3 is 20.1 Å². The number of aliphatic hydroxyl groups is 3. The molecule has 0 aliphatic heterocycles. The number of allylic oxidation sites excluding steroid dienone is 2. The number of rotatable bonds is 4. The van der Waals surface area contributed by atoms with Gasteiger partial charge in [0.15, 0.2) is 17.5 Å². The number of hydrogen-bond donors (Lipinski definition) is 3. The fraction of sp³-hybridized carbons (Fsp3) is 0.680. The molecule has 172 valence electrons. The van der Waals surface area contributed by atoms with Crippen molar-refractivity contribution < 1.29 is 29.6 Å². The Kier molecular flexibility index (Phi) is 6.40. The highest BCUT2D eigenvalue weighted by Crippen LogP contribution is 2.61. The van der Waals surface area contributed by atoms with E-state index >= 15 is 0 Å². The molecular formula is C25H36O6. The van der Waals surface area contributed by atoms with Gasteiger partial charge in [-0.05, 0) is 56.1 Å². The maximum Gasteiger partial charge on any atom is 0.334 e. The molecule has 0 unspecified atom stereocenters. The quantitative estimate of drug-likeness (QED) is 0.359. The summed E-state index contributed by atoms with van der Waals surface area (Å²) in [5.41, 5.74) is -2.38. The predicted octanol–water partition coefficient (Wildman–Crippen LogP) is 2.72. The Morgan fingerprint density at radius 1 is 1.35 bits per heavy atom. The van der Waals surface area contributed by atoms with Crippen molar-refractivity contribution >= 4 is 11.8 Å². The van der Waals surface area contributed by atoms with Gasteiger partial charge in [0.2, 0.25) is 0 Å². The second-order valence-corrected chi connectivity index (χ2v) is 9.71. The summed E-state index contributed by atoms with van der Waals surface area (Å²) < 4.78 is 5.74. The summed E-state index contributed by atoms with van der Waals surface area (Å²) in [6, 6.07) is 0. The van der Waals surface area contributed by atoms with Gasteiger partial charge in [0.1, 0.15) is 6.10 Å². The number of Topliss-reactive ketones (excluding diaryl/α,β-unsaturated/α-hetero) is 1. The second kappa shape index (κ2) is 8.30. The average molecular weight is 433 g/mol. The molecule has 1 spiro atoms. The van der Waals surface area contributed by atoms with E-state index in [1.54, 1.807) is 39.0 Å². The van der Waals surface area contributed by atoms with Gasteiger partial charge in [-0.2, -0.15) is 0 Å². The molecule has 0 radical (unpaired) electrons. The van der Waals surface area contributed by atoms with E-state index in [9.17, 15) is 24.9 Å². The van der Waals surface area contributed by atoms with Gasteiger partial charge >= 0.3 is 5.97 Å². The van der Waals surface area contributed by atoms with Gasteiger partial charge in [-0.15, -0.1) is 0 Å². The van der Waals surface area contributed by atoms with Crippen LogP contribution in [0.1, 0.15) is 54.4 Å². The van der Waals surface area contributed by atoms with E-state index in [1.165, 1.54) is 0 Å². The summed E-state index contributed by atoms with van der Waals surface area (Å²) in [6.45, 7) is 10.7. The smallest absolute Gasteiger partial charge is 0.334 e. The van der Waals surface area contributed by atoms with Crippen molar-refractivity contribution in [1.29, 1.82) is 0 Å². The second-order valence-electron chi connectivity index (χ2n) is 9.71. The summed E-state index contributed by atoms with van der Waals surface area (Å²) in [5, 5.41) is 33.8. The van der Waals surface area contributed by atoms with Crippen molar-refractivity contribution in [3.8, 4) is 0 Å². The molecule has 0 heterocycles. The monoisotopic (exact) mass is 432 g/mol. The van der Waals surface area contributed by atoms with Gasteiger partial charge in [-0.3, -0.25) is 4.79 Å². The van der Waals surface area contributed by atoms with Crippen LogP contribution in [-0.4, -0.2) is 51.5 Å². The van der Waals surface area contributed by atoms with Crippen LogP contribution in [0.15, 0.2) is 34.9 Å². The van der Waals surface area contributed by atoms with Crippen molar-refractivity contribution in [2.45, 2.75) is 72.2 Å². The van der Waals surface area contributed by atoms with E-state index in [-0.39, 0.29) is 29.1 Å².